The molecule has 0 aliphatic heterocycles. The topological polar surface area (TPSA) is 38.1 Å². The zero-order valence-corrected chi connectivity index (χ0v) is 10.4. The second kappa shape index (κ2) is 4.79. The molecule has 1 rings (SSSR count). The van der Waals surface area contributed by atoms with Gasteiger partial charge in [0.1, 0.15) is 5.76 Å². The SMILES string of the molecule is CNCC(C)Cc1cc(C(C)(C)C)on1. The average Bonchev–Trinajstić information content (AvgIpc) is 2.52. The zero-order valence-electron chi connectivity index (χ0n) is 10.4. The van der Waals surface area contributed by atoms with Crippen LogP contribution in [0.1, 0.15) is 39.1 Å². The first kappa shape index (κ1) is 12.2. The molecular weight excluding hydrogens is 188 g/mol. The Balaban J connectivity index is 2.61. The molecule has 0 aliphatic rings. The van der Waals surface area contributed by atoms with Crippen molar-refractivity contribution < 1.29 is 4.52 Å². The van der Waals surface area contributed by atoms with Gasteiger partial charge in [0.25, 0.3) is 0 Å². The minimum atomic E-state index is 0.0531. The summed E-state index contributed by atoms with van der Waals surface area (Å²) in [6.07, 6.45) is 0.973. The Hall–Kier alpha value is -0.830. The van der Waals surface area contributed by atoms with Crippen LogP contribution in [-0.2, 0) is 11.8 Å². The van der Waals surface area contributed by atoms with E-state index >= 15 is 0 Å². The summed E-state index contributed by atoms with van der Waals surface area (Å²) >= 11 is 0. The number of aromatic nitrogens is 1. The number of hydrogen-bond acceptors (Lipinski definition) is 3. The maximum absolute atomic E-state index is 5.34. The molecule has 0 amide bonds. The maximum Gasteiger partial charge on any atom is 0.142 e. The van der Waals surface area contributed by atoms with Crippen molar-refractivity contribution in [3.63, 3.8) is 0 Å². The summed E-state index contributed by atoms with van der Waals surface area (Å²) < 4.78 is 5.34. The van der Waals surface area contributed by atoms with Gasteiger partial charge in [0.15, 0.2) is 0 Å². The van der Waals surface area contributed by atoms with Crippen LogP contribution in [0.5, 0.6) is 0 Å². The Morgan fingerprint density at radius 3 is 2.60 bits per heavy atom. The molecular formula is C12H22N2O. The Bertz CT molecular complexity index is 299. The lowest BCUT2D eigenvalue weighted by atomic mass is 9.92. The number of rotatable bonds is 4. The smallest absolute Gasteiger partial charge is 0.142 e. The van der Waals surface area contributed by atoms with E-state index in [4.69, 9.17) is 4.52 Å². The third-order valence-electron chi connectivity index (χ3n) is 2.41. The van der Waals surface area contributed by atoms with Gasteiger partial charge < -0.3 is 9.84 Å². The first-order valence-electron chi connectivity index (χ1n) is 5.54. The van der Waals surface area contributed by atoms with Crippen molar-refractivity contribution in [2.45, 2.75) is 39.5 Å². The first-order chi connectivity index (χ1) is 6.93. The fraction of sp³-hybridized carbons (Fsp3) is 0.750. The van der Waals surface area contributed by atoms with E-state index < -0.39 is 0 Å². The Labute approximate surface area is 92.2 Å². The normalized spacial score (nSPS) is 14.2. The highest BCUT2D eigenvalue weighted by Gasteiger charge is 2.20. The molecule has 1 N–H and O–H groups in total. The quantitative estimate of drug-likeness (QED) is 0.829. The summed E-state index contributed by atoms with van der Waals surface area (Å²) in [5.74, 6) is 1.56. The number of hydrogen-bond donors (Lipinski definition) is 1. The van der Waals surface area contributed by atoms with Crippen LogP contribution >= 0.6 is 0 Å². The molecule has 3 heteroatoms. The van der Waals surface area contributed by atoms with E-state index in [0.29, 0.717) is 5.92 Å². The van der Waals surface area contributed by atoms with E-state index in [2.05, 4.69) is 44.2 Å². The van der Waals surface area contributed by atoms with E-state index in [1.54, 1.807) is 0 Å². The molecule has 1 heterocycles. The highest BCUT2D eigenvalue weighted by molar-refractivity contribution is 5.13. The van der Waals surface area contributed by atoms with Crippen molar-refractivity contribution in [2.75, 3.05) is 13.6 Å². The van der Waals surface area contributed by atoms with E-state index in [-0.39, 0.29) is 5.41 Å². The van der Waals surface area contributed by atoms with Gasteiger partial charge in [-0.15, -0.1) is 0 Å². The molecule has 0 aliphatic carbocycles. The van der Waals surface area contributed by atoms with E-state index in [1.807, 2.05) is 7.05 Å². The van der Waals surface area contributed by atoms with Gasteiger partial charge in [0, 0.05) is 11.5 Å². The summed E-state index contributed by atoms with van der Waals surface area (Å²) in [6.45, 7) is 9.62. The molecule has 0 saturated carbocycles. The minimum Gasteiger partial charge on any atom is -0.361 e. The molecule has 0 radical (unpaired) electrons. The lowest BCUT2D eigenvalue weighted by Crippen LogP contribution is -2.18. The predicted octanol–water partition coefficient (Wildman–Crippen LogP) is 2.37. The highest BCUT2D eigenvalue weighted by atomic mass is 16.5. The van der Waals surface area contributed by atoms with Crippen molar-refractivity contribution >= 4 is 0 Å². The van der Waals surface area contributed by atoms with Crippen LogP contribution in [0.2, 0.25) is 0 Å². The molecule has 0 fully saturated rings. The van der Waals surface area contributed by atoms with Crippen LogP contribution in [0.25, 0.3) is 0 Å². The second-order valence-corrected chi connectivity index (χ2v) is 5.30. The van der Waals surface area contributed by atoms with Crippen LogP contribution in [0.3, 0.4) is 0 Å². The summed E-state index contributed by atoms with van der Waals surface area (Å²) in [6, 6.07) is 2.08. The maximum atomic E-state index is 5.34. The summed E-state index contributed by atoms with van der Waals surface area (Å²) in [5, 5.41) is 7.27. The zero-order chi connectivity index (χ0) is 11.5. The fourth-order valence-corrected chi connectivity index (χ4v) is 1.54. The van der Waals surface area contributed by atoms with E-state index in [1.165, 1.54) is 0 Å². The molecule has 1 atom stereocenters. The van der Waals surface area contributed by atoms with Crippen molar-refractivity contribution in [3.05, 3.63) is 17.5 Å². The lowest BCUT2D eigenvalue weighted by Gasteiger charge is -2.12. The van der Waals surface area contributed by atoms with Crippen molar-refractivity contribution in [2.24, 2.45) is 5.92 Å². The van der Waals surface area contributed by atoms with E-state index in [0.717, 1.165) is 24.4 Å². The minimum absolute atomic E-state index is 0.0531. The molecule has 3 nitrogen and oxygen atoms in total. The molecule has 1 aromatic rings. The predicted molar refractivity (Wildman–Crippen MR) is 62.0 cm³/mol. The van der Waals surface area contributed by atoms with Gasteiger partial charge in [-0.05, 0) is 25.9 Å². The van der Waals surface area contributed by atoms with Gasteiger partial charge in [-0.3, -0.25) is 0 Å². The molecule has 1 aromatic heterocycles. The van der Waals surface area contributed by atoms with Crippen LogP contribution in [0, 0.1) is 5.92 Å². The Kier molecular flexibility index (Phi) is 3.91. The van der Waals surface area contributed by atoms with Crippen LogP contribution in [-0.4, -0.2) is 18.7 Å². The molecule has 0 spiro atoms. The average molecular weight is 210 g/mol. The standard InChI is InChI=1S/C12H22N2O/c1-9(8-13-5)6-10-7-11(15-14-10)12(2,3)4/h7,9,13H,6,8H2,1-5H3. The van der Waals surface area contributed by atoms with E-state index in [9.17, 15) is 0 Å². The van der Waals surface area contributed by atoms with Crippen molar-refractivity contribution in [1.82, 2.24) is 10.5 Å². The summed E-state index contributed by atoms with van der Waals surface area (Å²) in [5.41, 5.74) is 1.11. The van der Waals surface area contributed by atoms with Crippen molar-refractivity contribution in [1.29, 1.82) is 0 Å². The third-order valence-corrected chi connectivity index (χ3v) is 2.41. The molecule has 0 aromatic carbocycles. The monoisotopic (exact) mass is 210 g/mol. The second-order valence-electron chi connectivity index (χ2n) is 5.30. The highest BCUT2D eigenvalue weighted by Crippen LogP contribution is 2.23. The summed E-state index contributed by atoms with van der Waals surface area (Å²) in [7, 11) is 1.97. The molecule has 1 unspecified atom stereocenters. The summed E-state index contributed by atoms with van der Waals surface area (Å²) in [4.78, 5) is 0. The number of nitrogens with one attached hydrogen (secondary N) is 1. The van der Waals surface area contributed by atoms with Crippen LogP contribution in [0.15, 0.2) is 10.6 Å². The van der Waals surface area contributed by atoms with Crippen LogP contribution < -0.4 is 5.32 Å². The Morgan fingerprint density at radius 2 is 2.13 bits per heavy atom. The van der Waals surface area contributed by atoms with Gasteiger partial charge in [-0.1, -0.05) is 32.9 Å². The molecule has 0 saturated heterocycles. The van der Waals surface area contributed by atoms with Gasteiger partial charge in [0.2, 0.25) is 0 Å². The van der Waals surface area contributed by atoms with Gasteiger partial charge in [0.05, 0.1) is 5.69 Å². The van der Waals surface area contributed by atoms with Crippen molar-refractivity contribution in [3.8, 4) is 0 Å². The van der Waals surface area contributed by atoms with Gasteiger partial charge >= 0.3 is 0 Å². The first-order valence-corrected chi connectivity index (χ1v) is 5.54. The number of nitrogens with zero attached hydrogens (tertiary/aromatic N) is 1. The van der Waals surface area contributed by atoms with Gasteiger partial charge in [-0.2, -0.15) is 0 Å². The fourth-order valence-electron chi connectivity index (χ4n) is 1.54. The van der Waals surface area contributed by atoms with Crippen LogP contribution in [0.4, 0.5) is 0 Å². The molecule has 15 heavy (non-hydrogen) atoms. The Morgan fingerprint density at radius 1 is 1.47 bits per heavy atom. The largest absolute Gasteiger partial charge is 0.361 e. The molecule has 86 valence electrons. The van der Waals surface area contributed by atoms with Gasteiger partial charge in [-0.25, -0.2) is 0 Å². The molecule has 0 bridgehead atoms. The lowest BCUT2D eigenvalue weighted by molar-refractivity contribution is 0.324. The third kappa shape index (κ3) is 3.67.